The van der Waals surface area contributed by atoms with Crippen LogP contribution in [0.5, 0.6) is 0 Å². The molecule has 0 fully saturated rings. The summed E-state index contributed by atoms with van der Waals surface area (Å²) < 4.78 is 20.6. The molecule has 0 N–H and O–H groups in total. The van der Waals surface area contributed by atoms with Gasteiger partial charge in [-0.05, 0) is 43.2 Å². The van der Waals surface area contributed by atoms with Gasteiger partial charge >= 0.3 is 5.97 Å². The van der Waals surface area contributed by atoms with Crippen molar-refractivity contribution in [3.8, 4) is 0 Å². The van der Waals surface area contributed by atoms with Crippen LogP contribution < -0.4 is 0 Å². The van der Waals surface area contributed by atoms with Gasteiger partial charge in [-0.2, -0.15) is 0 Å². The van der Waals surface area contributed by atoms with E-state index in [0.717, 1.165) is 11.1 Å². The summed E-state index contributed by atoms with van der Waals surface area (Å²) in [7, 11) is 1.68. The van der Waals surface area contributed by atoms with Crippen molar-refractivity contribution < 1.29 is 18.7 Å². The first-order chi connectivity index (χ1) is 14.3. The minimum Gasteiger partial charge on any atom is -0.453 e. The number of hydrogen-bond donors (Lipinski definition) is 0. The fourth-order valence-electron chi connectivity index (χ4n) is 3.94. The number of fused-ring (bicyclic) bond motifs is 1. The summed E-state index contributed by atoms with van der Waals surface area (Å²) in [5, 5.41) is 0. The second-order valence-electron chi connectivity index (χ2n) is 7.96. The summed E-state index contributed by atoms with van der Waals surface area (Å²) in [4.78, 5) is 31.4. The summed E-state index contributed by atoms with van der Waals surface area (Å²) in [6, 6.07) is 12.9. The van der Waals surface area contributed by atoms with E-state index in [1.165, 1.54) is 18.3 Å². The third kappa shape index (κ3) is 3.47. The Kier molecular flexibility index (Phi) is 4.89. The van der Waals surface area contributed by atoms with Crippen LogP contribution in [0.4, 0.5) is 4.39 Å². The number of imidazole rings is 1. The Labute approximate surface area is 173 Å². The monoisotopic (exact) mass is 407 g/mol. The summed E-state index contributed by atoms with van der Waals surface area (Å²) in [6.45, 7) is 3.97. The number of carbonyl (C=O) groups excluding carboxylic acids is 2. The molecule has 4 rings (SSSR count). The minimum atomic E-state index is -0.878. The molecule has 3 aromatic rings. The molecule has 0 radical (unpaired) electrons. The van der Waals surface area contributed by atoms with Crippen molar-refractivity contribution in [1.82, 2.24) is 14.5 Å². The highest BCUT2D eigenvalue weighted by Gasteiger charge is 2.44. The van der Waals surface area contributed by atoms with Gasteiger partial charge in [0.25, 0.3) is 5.91 Å². The molecule has 30 heavy (non-hydrogen) atoms. The van der Waals surface area contributed by atoms with Crippen molar-refractivity contribution in [2.75, 3.05) is 7.05 Å². The number of cyclic esters (lactones) is 1. The van der Waals surface area contributed by atoms with E-state index in [4.69, 9.17) is 4.74 Å². The first kappa shape index (κ1) is 19.8. The standard InChI is InChI=1S/C23H22FN3O3/c1-23(2)20(17-6-4-5-7-18(17)22(29)30-23)27-14-25-12-19(27)21(28)26(3)13-15-8-10-16(24)11-9-15/h4-12,14,20H,13H2,1-3H3. The Morgan fingerprint density at radius 1 is 1.20 bits per heavy atom. The van der Waals surface area contributed by atoms with Crippen LogP contribution in [0.15, 0.2) is 61.1 Å². The quantitative estimate of drug-likeness (QED) is 0.617. The average Bonchev–Trinajstić information content (AvgIpc) is 3.17. The van der Waals surface area contributed by atoms with Gasteiger partial charge in [-0.3, -0.25) is 4.79 Å². The number of esters is 1. The molecule has 0 spiro atoms. The minimum absolute atomic E-state index is 0.234. The van der Waals surface area contributed by atoms with E-state index in [1.54, 1.807) is 47.1 Å². The Balaban J connectivity index is 1.69. The maximum atomic E-state index is 13.2. The van der Waals surface area contributed by atoms with Crippen LogP contribution in [-0.2, 0) is 11.3 Å². The van der Waals surface area contributed by atoms with Gasteiger partial charge in [0, 0.05) is 13.6 Å². The van der Waals surface area contributed by atoms with Crippen LogP contribution in [0.2, 0.25) is 0 Å². The van der Waals surface area contributed by atoms with Gasteiger partial charge in [0.05, 0.1) is 18.1 Å². The van der Waals surface area contributed by atoms with Gasteiger partial charge in [-0.1, -0.05) is 30.3 Å². The highest BCUT2D eigenvalue weighted by Crippen LogP contribution is 2.40. The summed E-state index contributed by atoms with van der Waals surface area (Å²) in [6.07, 6.45) is 3.10. The molecule has 0 bridgehead atoms. The zero-order valence-corrected chi connectivity index (χ0v) is 17.0. The second kappa shape index (κ2) is 7.40. The molecule has 154 valence electrons. The zero-order valence-electron chi connectivity index (χ0n) is 17.0. The zero-order chi connectivity index (χ0) is 21.5. The van der Waals surface area contributed by atoms with Gasteiger partial charge < -0.3 is 14.2 Å². The van der Waals surface area contributed by atoms with Gasteiger partial charge in [-0.15, -0.1) is 0 Å². The van der Waals surface area contributed by atoms with E-state index in [9.17, 15) is 14.0 Å². The predicted octanol–water partition coefficient (Wildman–Crippen LogP) is 3.83. The Bertz CT molecular complexity index is 1100. The SMILES string of the molecule is CN(Cc1ccc(F)cc1)C(=O)c1cncn1C1c2ccccc2C(=O)OC1(C)C. The highest BCUT2D eigenvalue weighted by atomic mass is 19.1. The van der Waals surface area contributed by atoms with Crippen LogP contribution in [0.1, 0.15) is 51.9 Å². The number of amides is 1. The lowest BCUT2D eigenvalue weighted by atomic mass is 9.85. The molecule has 2 heterocycles. The van der Waals surface area contributed by atoms with Gasteiger partial charge in [0.1, 0.15) is 23.2 Å². The van der Waals surface area contributed by atoms with Crippen LogP contribution in [-0.4, -0.2) is 39.0 Å². The fraction of sp³-hybridized carbons (Fsp3) is 0.261. The molecular formula is C23H22FN3O3. The molecule has 0 saturated carbocycles. The second-order valence-corrected chi connectivity index (χ2v) is 7.96. The molecule has 7 heteroatoms. The summed E-state index contributed by atoms with van der Waals surface area (Å²) in [5.41, 5.74) is 1.58. The van der Waals surface area contributed by atoms with Crippen molar-refractivity contribution in [3.05, 3.63) is 89.3 Å². The largest absolute Gasteiger partial charge is 0.453 e. The van der Waals surface area contributed by atoms with Crippen molar-refractivity contribution in [2.45, 2.75) is 32.0 Å². The molecule has 1 amide bonds. The summed E-state index contributed by atoms with van der Waals surface area (Å²) in [5.74, 6) is -0.936. The normalized spacial score (nSPS) is 17.2. The molecule has 0 aliphatic carbocycles. The maximum absolute atomic E-state index is 13.2. The number of halogens is 1. The van der Waals surface area contributed by atoms with Crippen LogP contribution in [0, 0.1) is 5.82 Å². The smallest absolute Gasteiger partial charge is 0.339 e. The van der Waals surface area contributed by atoms with E-state index in [0.29, 0.717) is 17.8 Å². The lowest BCUT2D eigenvalue weighted by Gasteiger charge is -2.40. The molecule has 0 saturated heterocycles. The molecule has 6 nitrogen and oxygen atoms in total. The van der Waals surface area contributed by atoms with Crippen molar-refractivity contribution in [3.63, 3.8) is 0 Å². The lowest BCUT2D eigenvalue weighted by Crippen LogP contribution is -2.44. The third-order valence-electron chi connectivity index (χ3n) is 5.33. The van der Waals surface area contributed by atoms with Crippen LogP contribution in [0.25, 0.3) is 0 Å². The first-order valence-corrected chi connectivity index (χ1v) is 9.62. The van der Waals surface area contributed by atoms with E-state index in [1.807, 2.05) is 26.0 Å². The van der Waals surface area contributed by atoms with Gasteiger partial charge in [0.2, 0.25) is 0 Å². The van der Waals surface area contributed by atoms with Crippen molar-refractivity contribution in [2.24, 2.45) is 0 Å². The average molecular weight is 407 g/mol. The topological polar surface area (TPSA) is 64.4 Å². The summed E-state index contributed by atoms with van der Waals surface area (Å²) >= 11 is 0. The predicted molar refractivity (Wildman–Crippen MR) is 109 cm³/mol. The maximum Gasteiger partial charge on any atom is 0.339 e. The molecule has 1 aliphatic heterocycles. The van der Waals surface area contributed by atoms with Crippen molar-refractivity contribution in [1.29, 1.82) is 0 Å². The number of aromatic nitrogens is 2. The van der Waals surface area contributed by atoms with E-state index >= 15 is 0 Å². The molecule has 1 atom stereocenters. The third-order valence-corrected chi connectivity index (χ3v) is 5.33. The number of hydrogen-bond acceptors (Lipinski definition) is 4. The van der Waals surface area contributed by atoms with E-state index < -0.39 is 11.6 Å². The van der Waals surface area contributed by atoms with E-state index in [-0.39, 0.29) is 17.7 Å². The Morgan fingerprint density at radius 3 is 2.63 bits per heavy atom. The number of benzene rings is 2. The van der Waals surface area contributed by atoms with Crippen LogP contribution >= 0.6 is 0 Å². The molecular weight excluding hydrogens is 385 g/mol. The highest BCUT2D eigenvalue weighted by molar-refractivity contribution is 5.94. The molecule has 1 aromatic heterocycles. The molecule has 1 aliphatic rings. The number of carbonyl (C=O) groups is 2. The molecule has 1 unspecified atom stereocenters. The number of ether oxygens (including phenoxy) is 1. The number of rotatable bonds is 4. The number of nitrogens with zero attached hydrogens (tertiary/aromatic N) is 3. The van der Waals surface area contributed by atoms with Crippen LogP contribution in [0.3, 0.4) is 0 Å². The first-order valence-electron chi connectivity index (χ1n) is 9.62. The molecule has 2 aromatic carbocycles. The van der Waals surface area contributed by atoms with Gasteiger partial charge in [-0.25, -0.2) is 14.2 Å². The fourth-order valence-corrected chi connectivity index (χ4v) is 3.94. The van der Waals surface area contributed by atoms with Gasteiger partial charge in [0.15, 0.2) is 0 Å². The van der Waals surface area contributed by atoms with E-state index in [2.05, 4.69) is 4.98 Å². The van der Waals surface area contributed by atoms with Crippen molar-refractivity contribution >= 4 is 11.9 Å². The Morgan fingerprint density at radius 2 is 1.90 bits per heavy atom. The lowest BCUT2D eigenvalue weighted by molar-refractivity contribution is -0.0264. The Hall–Kier alpha value is -3.48.